The minimum absolute atomic E-state index is 0.394. The third-order valence-corrected chi connectivity index (χ3v) is 3.33. The smallest absolute Gasteiger partial charge is 0.122 e. The summed E-state index contributed by atoms with van der Waals surface area (Å²) in [5, 5.41) is 3.49. The van der Waals surface area contributed by atoms with Crippen molar-refractivity contribution in [2.45, 2.75) is 39.6 Å². The van der Waals surface area contributed by atoms with E-state index in [2.05, 4.69) is 54.3 Å². The van der Waals surface area contributed by atoms with E-state index < -0.39 is 0 Å². The van der Waals surface area contributed by atoms with E-state index in [1.165, 1.54) is 11.1 Å². The first-order valence-electron chi connectivity index (χ1n) is 7.30. The van der Waals surface area contributed by atoms with Crippen LogP contribution in [0.5, 0.6) is 0 Å². The van der Waals surface area contributed by atoms with Gasteiger partial charge in [-0.05, 0) is 37.1 Å². The van der Waals surface area contributed by atoms with Crippen molar-refractivity contribution >= 4 is 0 Å². The summed E-state index contributed by atoms with van der Waals surface area (Å²) < 4.78 is 7.81. The predicted molar refractivity (Wildman–Crippen MR) is 82.4 cm³/mol. The molecule has 2 aromatic rings. The molecule has 1 heterocycles. The maximum Gasteiger partial charge on any atom is 0.122 e. The van der Waals surface area contributed by atoms with Crippen LogP contribution in [0.25, 0.3) is 0 Å². The molecule has 0 aliphatic rings. The van der Waals surface area contributed by atoms with Crippen LogP contribution in [0.1, 0.15) is 37.4 Å². The molecular formula is C17H24N2O. The summed E-state index contributed by atoms with van der Waals surface area (Å²) in [7, 11) is 0. The third kappa shape index (κ3) is 4.51. The molecule has 20 heavy (non-hydrogen) atoms. The van der Waals surface area contributed by atoms with E-state index in [4.69, 9.17) is 4.74 Å². The highest BCUT2D eigenvalue weighted by atomic mass is 16.5. The van der Waals surface area contributed by atoms with Gasteiger partial charge in [0.05, 0.1) is 6.61 Å². The largest absolute Gasteiger partial charge is 0.356 e. The second kappa shape index (κ2) is 7.88. The predicted octanol–water partition coefficient (Wildman–Crippen LogP) is 3.72. The molecule has 3 nitrogen and oxygen atoms in total. The Labute approximate surface area is 121 Å². The lowest BCUT2D eigenvalue weighted by Gasteiger charge is -2.11. The van der Waals surface area contributed by atoms with Crippen LogP contribution in [-0.2, 0) is 18.1 Å². The number of benzene rings is 1. The summed E-state index contributed by atoms with van der Waals surface area (Å²) in [6.45, 7) is 6.67. The van der Waals surface area contributed by atoms with E-state index in [0.717, 1.165) is 13.0 Å². The van der Waals surface area contributed by atoms with Gasteiger partial charge in [0.2, 0.25) is 0 Å². The molecule has 0 bridgehead atoms. The lowest BCUT2D eigenvalue weighted by molar-refractivity contribution is 0.0641. The minimum Gasteiger partial charge on any atom is -0.356 e. The molecule has 0 radical (unpaired) electrons. The first kappa shape index (κ1) is 14.8. The molecule has 1 aromatic carbocycles. The number of ether oxygens (including phenoxy) is 1. The highest BCUT2D eigenvalue weighted by Crippen LogP contribution is 2.13. The van der Waals surface area contributed by atoms with Crippen LogP contribution in [0, 0.1) is 0 Å². The molecule has 108 valence electrons. The van der Waals surface area contributed by atoms with Crippen molar-refractivity contribution < 1.29 is 4.74 Å². The van der Waals surface area contributed by atoms with E-state index in [-0.39, 0.29) is 0 Å². The Morgan fingerprint density at radius 2 is 2.00 bits per heavy atom. The second-order valence-electron chi connectivity index (χ2n) is 5.10. The summed E-state index contributed by atoms with van der Waals surface area (Å²) >= 11 is 0. The van der Waals surface area contributed by atoms with E-state index in [9.17, 15) is 0 Å². The van der Waals surface area contributed by atoms with Gasteiger partial charge in [0.1, 0.15) is 6.73 Å². The Bertz CT molecular complexity index is 493. The van der Waals surface area contributed by atoms with Crippen molar-refractivity contribution in [3.05, 3.63) is 59.9 Å². The van der Waals surface area contributed by atoms with E-state index in [0.29, 0.717) is 19.4 Å². The van der Waals surface area contributed by atoms with E-state index in [1.54, 1.807) is 0 Å². The molecule has 0 amide bonds. The van der Waals surface area contributed by atoms with E-state index in [1.807, 2.05) is 18.2 Å². The van der Waals surface area contributed by atoms with Crippen LogP contribution in [0.15, 0.2) is 48.8 Å². The Morgan fingerprint density at radius 1 is 1.20 bits per heavy atom. The Balaban J connectivity index is 1.78. The van der Waals surface area contributed by atoms with Gasteiger partial charge in [0.15, 0.2) is 0 Å². The normalized spacial score (nSPS) is 12.5. The van der Waals surface area contributed by atoms with Crippen molar-refractivity contribution in [2.75, 3.05) is 6.54 Å². The zero-order valence-electron chi connectivity index (χ0n) is 12.4. The molecule has 0 spiro atoms. The van der Waals surface area contributed by atoms with Crippen molar-refractivity contribution in [2.24, 2.45) is 0 Å². The summed E-state index contributed by atoms with van der Waals surface area (Å²) in [6, 6.07) is 12.8. The molecule has 0 saturated carbocycles. The summed E-state index contributed by atoms with van der Waals surface area (Å²) in [6.07, 6.45) is 5.38. The van der Waals surface area contributed by atoms with Gasteiger partial charge in [-0.25, -0.2) is 0 Å². The first-order chi connectivity index (χ1) is 9.79. The lowest BCUT2D eigenvalue weighted by atomic mass is 10.2. The number of aromatic nitrogens is 1. The average molecular weight is 272 g/mol. The number of nitrogens with zero attached hydrogens (tertiary/aromatic N) is 1. The zero-order chi connectivity index (χ0) is 14.2. The van der Waals surface area contributed by atoms with Crippen LogP contribution in [0.3, 0.4) is 0 Å². The molecule has 0 aliphatic carbocycles. The molecule has 2 rings (SSSR count). The van der Waals surface area contributed by atoms with Crippen molar-refractivity contribution in [3.63, 3.8) is 0 Å². The Hall–Kier alpha value is -1.58. The molecular weight excluding hydrogens is 248 g/mol. The van der Waals surface area contributed by atoms with Crippen LogP contribution < -0.4 is 5.32 Å². The van der Waals surface area contributed by atoms with Gasteiger partial charge in [-0.1, -0.05) is 37.3 Å². The quantitative estimate of drug-likeness (QED) is 0.792. The average Bonchev–Trinajstić information content (AvgIpc) is 2.95. The molecule has 3 heteroatoms. The summed E-state index contributed by atoms with van der Waals surface area (Å²) in [5.41, 5.74) is 2.51. The monoisotopic (exact) mass is 272 g/mol. The maximum atomic E-state index is 5.72. The molecule has 0 saturated heterocycles. The molecule has 0 aliphatic heterocycles. The molecule has 0 fully saturated rings. The fraction of sp³-hybridized carbons (Fsp3) is 0.412. The number of hydrogen-bond acceptors (Lipinski definition) is 2. The third-order valence-electron chi connectivity index (χ3n) is 3.33. The van der Waals surface area contributed by atoms with Gasteiger partial charge < -0.3 is 14.6 Å². The van der Waals surface area contributed by atoms with Gasteiger partial charge in [-0.3, -0.25) is 0 Å². The fourth-order valence-corrected chi connectivity index (χ4v) is 2.12. The molecule has 1 atom stereocenters. The standard InChI is InChI=1S/C17H24N2O/c1-3-10-18-15(2)17-9-11-19(12-17)14-20-13-16-7-5-4-6-8-16/h4-9,11-12,15,18H,3,10,13-14H2,1-2H3. The van der Waals surface area contributed by atoms with Crippen LogP contribution in [-0.4, -0.2) is 11.1 Å². The maximum absolute atomic E-state index is 5.72. The van der Waals surface area contributed by atoms with E-state index >= 15 is 0 Å². The Kier molecular flexibility index (Phi) is 5.84. The van der Waals surface area contributed by atoms with Gasteiger partial charge in [0.25, 0.3) is 0 Å². The summed E-state index contributed by atoms with van der Waals surface area (Å²) in [4.78, 5) is 0. The van der Waals surface area contributed by atoms with Crippen molar-refractivity contribution in [3.8, 4) is 0 Å². The van der Waals surface area contributed by atoms with Crippen LogP contribution in [0.2, 0.25) is 0 Å². The fourth-order valence-electron chi connectivity index (χ4n) is 2.12. The van der Waals surface area contributed by atoms with Crippen molar-refractivity contribution in [1.29, 1.82) is 0 Å². The Morgan fingerprint density at radius 3 is 2.75 bits per heavy atom. The lowest BCUT2D eigenvalue weighted by Crippen LogP contribution is -2.18. The SMILES string of the molecule is CCCNC(C)c1ccn(COCc2ccccc2)c1. The van der Waals surface area contributed by atoms with Crippen molar-refractivity contribution in [1.82, 2.24) is 9.88 Å². The van der Waals surface area contributed by atoms with Gasteiger partial charge in [-0.2, -0.15) is 0 Å². The molecule has 1 N–H and O–H groups in total. The first-order valence-corrected chi connectivity index (χ1v) is 7.30. The van der Waals surface area contributed by atoms with Gasteiger partial charge in [0, 0.05) is 18.4 Å². The minimum atomic E-state index is 0.394. The summed E-state index contributed by atoms with van der Waals surface area (Å²) in [5.74, 6) is 0. The molecule has 1 unspecified atom stereocenters. The topological polar surface area (TPSA) is 26.2 Å². The number of hydrogen-bond donors (Lipinski definition) is 1. The molecule has 1 aromatic heterocycles. The highest BCUT2D eigenvalue weighted by molar-refractivity contribution is 5.15. The van der Waals surface area contributed by atoms with Crippen LogP contribution in [0.4, 0.5) is 0 Å². The van der Waals surface area contributed by atoms with Gasteiger partial charge >= 0.3 is 0 Å². The zero-order valence-corrected chi connectivity index (χ0v) is 12.4. The second-order valence-corrected chi connectivity index (χ2v) is 5.10. The van der Waals surface area contributed by atoms with Gasteiger partial charge in [-0.15, -0.1) is 0 Å². The highest BCUT2D eigenvalue weighted by Gasteiger charge is 2.05. The van der Waals surface area contributed by atoms with Crippen LogP contribution >= 0.6 is 0 Å². The number of nitrogens with one attached hydrogen (secondary N) is 1. The number of rotatable bonds is 8.